The van der Waals surface area contributed by atoms with E-state index in [0.29, 0.717) is 11.3 Å². The molecule has 1 aromatic heterocycles. The van der Waals surface area contributed by atoms with Gasteiger partial charge in [0.15, 0.2) is 0 Å². The molecule has 0 atom stereocenters. The molecule has 4 N–H and O–H groups in total. The first-order valence-electron chi connectivity index (χ1n) is 2.71. The van der Waals surface area contributed by atoms with Crippen molar-refractivity contribution < 1.29 is 4.79 Å². The van der Waals surface area contributed by atoms with Crippen molar-refractivity contribution in [1.82, 2.24) is 4.98 Å². The molecule has 1 heterocycles. The van der Waals surface area contributed by atoms with Gasteiger partial charge in [0, 0.05) is 6.20 Å². The van der Waals surface area contributed by atoms with E-state index in [1.54, 1.807) is 0 Å². The predicted octanol–water partition coefficient (Wildman–Crippen LogP) is -0.237. The molecular weight excluding hydrogens is 130 g/mol. The zero-order valence-electron chi connectivity index (χ0n) is 5.24. The topological polar surface area (TPSA) is 82.0 Å². The standard InChI is InChI=1S/C6H7N3O/c7-5-3-9-2-1-4(5)6(8)10/h1-3H,7H2,(H2,8,10). The first kappa shape index (κ1) is 6.54. The lowest BCUT2D eigenvalue weighted by Gasteiger charge is -1.96. The van der Waals surface area contributed by atoms with Crippen LogP contribution >= 0.6 is 0 Å². The van der Waals surface area contributed by atoms with Gasteiger partial charge < -0.3 is 11.5 Å². The van der Waals surface area contributed by atoms with Crippen LogP contribution in [0.25, 0.3) is 0 Å². The second-order valence-corrected chi connectivity index (χ2v) is 1.83. The number of amides is 1. The molecular formula is C6H7N3O. The second kappa shape index (κ2) is 2.34. The van der Waals surface area contributed by atoms with E-state index in [4.69, 9.17) is 11.5 Å². The van der Waals surface area contributed by atoms with E-state index in [-0.39, 0.29) is 0 Å². The number of pyridine rings is 1. The smallest absolute Gasteiger partial charge is 0.250 e. The van der Waals surface area contributed by atoms with Gasteiger partial charge in [-0.1, -0.05) is 0 Å². The fraction of sp³-hybridized carbons (Fsp3) is 0. The molecule has 0 aliphatic carbocycles. The average molecular weight is 137 g/mol. The van der Waals surface area contributed by atoms with Gasteiger partial charge in [-0.15, -0.1) is 0 Å². The highest BCUT2D eigenvalue weighted by Gasteiger charge is 2.02. The van der Waals surface area contributed by atoms with E-state index in [1.165, 1.54) is 18.5 Å². The molecule has 1 amide bonds. The highest BCUT2D eigenvalue weighted by molar-refractivity contribution is 5.97. The zero-order valence-corrected chi connectivity index (χ0v) is 5.24. The summed E-state index contributed by atoms with van der Waals surface area (Å²) in [4.78, 5) is 14.2. The van der Waals surface area contributed by atoms with Crippen LogP contribution in [0, 0.1) is 0 Å². The van der Waals surface area contributed by atoms with E-state index in [9.17, 15) is 4.79 Å². The van der Waals surface area contributed by atoms with E-state index in [1.807, 2.05) is 0 Å². The lowest BCUT2D eigenvalue weighted by Crippen LogP contribution is -2.13. The molecule has 0 bridgehead atoms. The monoisotopic (exact) mass is 137 g/mol. The molecule has 0 aromatic carbocycles. The largest absolute Gasteiger partial charge is 0.397 e. The van der Waals surface area contributed by atoms with Gasteiger partial charge in [0.2, 0.25) is 0 Å². The number of primary amides is 1. The summed E-state index contributed by atoms with van der Waals surface area (Å²) in [7, 11) is 0. The Balaban J connectivity index is 3.15. The summed E-state index contributed by atoms with van der Waals surface area (Å²) in [6.07, 6.45) is 2.86. The van der Waals surface area contributed by atoms with Gasteiger partial charge in [0.05, 0.1) is 17.4 Å². The number of carbonyl (C=O) groups excluding carboxylic acids is 1. The maximum atomic E-state index is 10.5. The number of rotatable bonds is 1. The van der Waals surface area contributed by atoms with Crippen molar-refractivity contribution in [3.05, 3.63) is 24.0 Å². The fourth-order valence-electron chi connectivity index (χ4n) is 0.631. The van der Waals surface area contributed by atoms with Gasteiger partial charge in [0.25, 0.3) is 5.91 Å². The number of nitrogens with two attached hydrogens (primary N) is 2. The number of nitrogens with zero attached hydrogens (tertiary/aromatic N) is 1. The van der Waals surface area contributed by atoms with Crippen molar-refractivity contribution in [3.8, 4) is 0 Å². The van der Waals surface area contributed by atoms with Gasteiger partial charge in [-0.2, -0.15) is 0 Å². The van der Waals surface area contributed by atoms with Crippen molar-refractivity contribution in [2.24, 2.45) is 5.73 Å². The molecule has 0 saturated heterocycles. The Morgan fingerprint density at radius 3 is 2.70 bits per heavy atom. The average Bonchev–Trinajstić information content (AvgIpc) is 1.88. The van der Waals surface area contributed by atoms with Crippen molar-refractivity contribution >= 4 is 11.6 Å². The molecule has 4 heteroatoms. The fourth-order valence-corrected chi connectivity index (χ4v) is 0.631. The molecule has 1 aromatic rings. The Morgan fingerprint density at radius 1 is 1.60 bits per heavy atom. The maximum absolute atomic E-state index is 10.5. The van der Waals surface area contributed by atoms with Crippen LogP contribution in [-0.4, -0.2) is 10.9 Å². The number of carbonyl (C=O) groups is 1. The zero-order chi connectivity index (χ0) is 7.56. The van der Waals surface area contributed by atoms with E-state index in [0.717, 1.165) is 0 Å². The maximum Gasteiger partial charge on any atom is 0.250 e. The van der Waals surface area contributed by atoms with E-state index >= 15 is 0 Å². The summed E-state index contributed by atoms with van der Waals surface area (Å²) in [6.45, 7) is 0. The van der Waals surface area contributed by atoms with Gasteiger partial charge in [-0.05, 0) is 6.07 Å². The normalized spacial score (nSPS) is 9.20. The minimum Gasteiger partial charge on any atom is -0.397 e. The quantitative estimate of drug-likeness (QED) is 0.560. The van der Waals surface area contributed by atoms with E-state index in [2.05, 4.69) is 4.98 Å². The Bertz CT molecular complexity index is 259. The summed E-state index contributed by atoms with van der Waals surface area (Å²) in [5, 5.41) is 0. The van der Waals surface area contributed by atoms with Crippen LogP contribution in [0.1, 0.15) is 10.4 Å². The van der Waals surface area contributed by atoms with Crippen molar-refractivity contribution in [2.75, 3.05) is 5.73 Å². The van der Waals surface area contributed by atoms with Crippen LogP contribution in [0.5, 0.6) is 0 Å². The first-order chi connectivity index (χ1) is 4.72. The Labute approximate surface area is 57.9 Å². The molecule has 0 radical (unpaired) electrons. The highest BCUT2D eigenvalue weighted by atomic mass is 16.1. The lowest BCUT2D eigenvalue weighted by atomic mass is 10.2. The van der Waals surface area contributed by atoms with Gasteiger partial charge in [-0.25, -0.2) is 0 Å². The minimum atomic E-state index is -0.528. The van der Waals surface area contributed by atoms with Crippen LogP contribution in [0.4, 0.5) is 5.69 Å². The molecule has 10 heavy (non-hydrogen) atoms. The van der Waals surface area contributed by atoms with E-state index < -0.39 is 5.91 Å². The Hall–Kier alpha value is -1.58. The lowest BCUT2D eigenvalue weighted by molar-refractivity contribution is 0.100. The Morgan fingerprint density at radius 2 is 2.30 bits per heavy atom. The Kier molecular flexibility index (Phi) is 1.53. The third-order valence-electron chi connectivity index (χ3n) is 1.12. The second-order valence-electron chi connectivity index (χ2n) is 1.83. The van der Waals surface area contributed by atoms with Crippen LogP contribution in [0.2, 0.25) is 0 Å². The third-order valence-corrected chi connectivity index (χ3v) is 1.12. The molecule has 4 nitrogen and oxygen atoms in total. The number of anilines is 1. The summed E-state index contributed by atoms with van der Waals surface area (Å²) < 4.78 is 0. The van der Waals surface area contributed by atoms with Crippen LogP contribution in [0.3, 0.4) is 0 Å². The molecule has 0 aliphatic rings. The SMILES string of the molecule is NC(=O)c1ccncc1N. The third kappa shape index (κ3) is 1.05. The molecule has 1 rings (SSSR count). The number of nitrogen functional groups attached to an aromatic ring is 1. The van der Waals surface area contributed by atoms with Crippen LogP contribution < -0.4 is 11.5 Å². The van der Waals surface area contributed by atoms with Crippen LogP contribution in [-0.2, 0) is 0 Å². The predicted molar refractivity (Wildman–Crippen MR) is 37.2 cm³/mol. The summed E-state index contributed by atoms with van der Waals surface area (Å²) in [5.41, 5.74) is 11.0. The minimum absolute atomic E-state index is 0.315. The summed E-state index contributed by atoms with van der Waals surface area (Å²) in [6, 6.07) is 1.48. The van der Waals surface area contributed by atoms with Crippen molar-refractivity contribution in [3.63, 3.8) is 0 Å². The molecule has 0 aliphatic heterocycles. The molecule has 0 spiro atoms. The van der Waals surface area contributed by atoms with Gasteiger partial charge in [-0.3, -0.25) is 9.78 Å². The number of hydrogen-bond donors (Lipinski definition) is 2. The van der Waals surface area contributed by atoms with Crippen molar-refractivity contribution in [1.29, 1.82) is 0 Å². The van der Waals surface area contributed by atoms with Crippen LogP contribution in [0.15, 0.2) is 18.5 Å². The van der Waals surface area contributed by atoms with Gasteiger partial charge in [0.1, 0.15) is 0 Å². The number of hydrogen-bond acceptors (Lipinski definition) is 3. The van der Waals surface area contributed by atoms with Crippen molar-refractivity contribution in [2.45, 2.75) is 0 Å². The summed E-state index contributed by atoms with van der Waals surface area (Å²) in [5.74, 6) is -0.528. The molecule has 0 fully saturated rings. The van der Waals surface area contributed by atoms with Gasteiger partial charge >= 0.3 is 0 Å². The number of aromatic nitrogens is 1. The molecule has 0 unspecified atom stereocenters. The molecule has 0 saturated carbocycles. The highest BCUT2D eigenvalue weighted by Crippen LogP contribution is 2.05. The first-order valence-corrected chi connectivity index (χ1v) is 2.71. The molecule has 52 valence electrons. The summed E-state index contributed by atoms with van der Waals surface area (Å²) >= 11 is 0.